The highest BCUT2D eigenvalue weighted by molar-refractivity contribution is 9.11. The molecule has 2 rings (SSSR count). The Labute approximate surface area is 128 Å². The first-order valence-electron chi connectivity index (χ1n) is 5.57. The summed E-state index contributed by atoms with van der Waals surface area (Å²) in [5.74, 6) is -0.975. The van der Waals surface area contributed by atoms with E-state index >= 15 is 0 Å². The number of aromatic carboxylic acids is 1. The SMILES string of the molecule is O=C(O)c1ccc(NCCc2ccc(Br)s2)c(Cl)c1. The van der Waals surface area contributed by atoms with Crippen molar-refractivity contribution in [3.05, 3.63) is 49.6 Å². The highest BCUT2D eigenvalue weighted by Crippen LogP contribution is 2.25. The Morgan fingerprint density at radius 3 is 2.74 bits per heavy atom. The van der Waals surface area contributed by atoms with Gasteiger partial charge in [-0.1, -0.05) is 11.6 Å². The zero-order valence-corrected chi connectivity index (χ0v) is 13.0. The zero-order chi connectivity index (χ0) is 13.8. The van der Waals surface area contributed by atoms with Gasteiger partial charge in [-0.25, -0.2) is 4.79 Å². The Balaban J connectivity index is 1.94. The summed E-state index contributed by atoms with van der Waals surface area (Å²) in [5, 5.41) is 12.5. The number of nitrogens with one attached hydrogen (secondary N) is 1. The van der Waals surface area contributed by atoms with E-state index in [-0.39, 0.29) is 5.56 Å². The second-order valence-electron chi connectivity index (χ2n) is 3.88. The molecule has 2 aromatic rings. The minimum atomic E-state index is -0.975. The standard InChI is InChI=1S/C13H11BrClNO2S/c14-12-4-2-9(19-12)5-6-16-11-3-1-8(13(17)18)7-10(11)15/h1-4,7,16H,5-6H2,(H,17,18). The Morgan fingerprint density at radius 2 is 2.16 bits per heavy atom. The third-order valence-corrected chi connectivity index (χ3v) is 4.53. The van der Waals surface area contributed by atoms with E-state index in [1.807, 2.05) is 6.07 Å². The van der Waals surface area contributed by atoms with Crippen LogP contribution in [0.4, 0.5) is 5.69 Å². The van der Waals surface area contributed by atoms with Crippen molar-refractivity contribution < 1.29 is 9.90 Å². The van der Waals surface area contributed by atoms with Crippen molar-refractivity contribution in [1.82, 2.24) is 0 Å². The molecule has 1 aromatic heterocycles. The molecule has 100 valence electrons. The van der Waals surface area contributed by atoms with Crippen molar-refractivity contribution in [1.29, 1.82) is 0 Å². The number of hydrogen-bond donors (Lipinski definition) is 2. The first-order chi connectivity index (χ1) is 9.06. The van der Waals surface area contributed by atoms with E-state index < -0.39 is 5.97 Å². The highest BCUT2D eigenvalue weighted by atomic mass is 79.9. The zero-order valence-electron chi connectivity index (χ0n) is 9.82. The summed E-state index contributed by atoms with van der Waals surface area (Å²) in [5.41, 5.74) is 0.944. The second-order valence-corrected chi connectivity index (χ2v) is 6.84. The molecule has 0 fully saturated rings. The number of thiophene rings is 1. The number of hydrogen-bond acceptors (Lipinski definition) is 3. The summed E-state index contributed by atoms with van der Waals surface area (Å²) >= 11 is 11.2. The van der Waals surface area contributed by atoms with E-state index in [2.05, 4.69) is 27.3 Å². The van der Waals surface area contributed by atoms with E-state index in [1.54, 1.807) is 17.4 Å². The monoisotopic (exact) mass is 359 g/mol. The summed E-state index contributed by atoms with van der Waals surface area (Å²) in [6.07, 6.45) is 0.896. The fourth-order valence-corrected chi connectivity index (χ4v) is 3.33. The van der Waals surface area contributed by atoms with Crippen molar-refractivity contribution in [3.63, 3.8) is 0 Å². The maximum Gasteiger partial charge on any atom is 0.335 e. The minimum absolute atomic E-state index is 0.192. The third-order valence-electron chi connectivity index (χ3n) is 2.53. The van der Waals surface area contributed by atoms with Crippen LogP contribution in [0.2, 0.25) is 5.02 Å². The van der Waals surface area contributed by atoms with Crippen LogP contribution in [-0.4, -0.2) is 17.6 Å². The number of carboxylic acid groups (broad SMARTS) is 1. The van der Waals surface area contributed by atoms with E-state index in [0.29, 0.717) is 5.02 Å². The predicted molar refractivity (Wildman–Crippen MR) is 82.6 cm³/mol. The average molecular weight is 361 g/mol. The molecule has 0 spiro atoms. The Hall–Kier alpha value is -1.04. The molecule has 0 amide bonds. The molecule has 0 radical (unpaired) electrons. The van der Waals surface area contributed by atoms with Crippen LogP contribution in [0.15, 0.2) is 34.1 Å². The maximum absolute atomic E-state index is 10.8. The molecule has 6 heteroatoms. The van der Waals surface area contributed by atoms with Gasteiger partial charge in [0.05, 0.1) is 20.1 Å². The average Bonchev–Trinajstić information content (AvgIpc) is 2.77. The Kier molecular flexibility index (Phi) is 4.85. The van der Waals surface area contributed by atoms with Crippen LogP contribution in [0.3, 0.4) is 0 Å². The lowest BCUT2D eigenvalue weighted by molar-refractivity contribution is 0.0697. The molecular formula is C13H11BrClNO2S. The Bertz CT molecular complexity index is 600. The molecule has 1 heterocycles. The largest absolute Gasteiger partial charge is 0.478 e. The number of anilines is 1. The van der Waals surface area contributed by atoms with Crippen LogP contribution in [-0.2, 0) is 6.42 Å². The fraction of sp³-hybridized carbons (Fsp3) is 0.154. The van der Waals surface area contributed by atoms with Crippen LogP contribution >= 0.6 is 38.9 Å². The summed E-state index contributed by atoms with van der Waals surface area (Å²) in [6.45, 7) is 0.749. The van der Waals surface area contributed by atoms with Gasteiger partial charge in [-0.05, 0) is 52.7 Å². The first-order valence-corrected chi connectivity index (χ1v) is 7.56. The molecule has 0 aliphatic carbocycles. The van der Waals surface area contributed by atoms with E-state index in [0.717, 1.165) is 22.4 Å². The van der Waals surface area contributed by atoms with Gasteiger partial charge in [0.15, 0.2) is 0 Å². The number of rotatable bonds is 5. The molecule has 0 atom stereocenters. The molecular weight excluding hydrogens is 350 g/mol. The lowest BCUT2D eigenvalue weighted by Crippen LogP contribution is -2.05. The Morgan fingerprint density at radius 1 is 1.37 bits per heavy atom. The first kappa shape index (κ1) is 14.4. The van der Waals surface area contributed by atoms with Crippen molar-refractivity contribution >= 4 is 50.5 Å². The van der Waals surface area contributed by atoms with E-state index in [4.69, 9.17) is 16.7 Å². The molecule has 0 aliphatic heterocycles. The topological polar surface area (TPSA) is 49.3 Å². The van der Waals surface area contributed by atoms with Crippen LogP contribution < -0.4 is 5.32 Å². The van der Waals surface area contributed by atoms with Crippen molar-refractivity contribution in [3.8, 4) is 0 Å². The van der Waals surface area contributed by atoms with Crippen LogP contribution in [0.5, 0.6) is 0 Å². The number of carbonyl (C=O) groups is 1. The third kappa shape index (κ3) is 3.96. The van der Waals surface area contributed by atoms with Gasteiger partial charge in [0.25, 0.3) is 0 Å². The summed E-state index contributed by atoms with van der Waals surface area (Å²) in [4.78, 5) is 12.1. The quantitative estimate of drug-likeness (QED) is 0.824. The second kappa shape index (κ2) is 6.41. The van der Waals surface area contributed by atoms with Crippen LogP contribution in [0, 0.1) is 0 Å². The van der Waals surface area contributed by atoms with Crippen molar-refractivity contribution in [2.45, 2.75) is 6.42 Å². The van der Waals surface area contributed by atoms with Crippen LogP contribution in [0.1, 0.15) is 15.2 Å². The highest BCUT2D eigenvalue weighted by Gasteiger charge is 2.06. The van der Waals surface area contributed by atoms with Crippen molar-refractivity contribution in [2.75, 3.05) is 11.9 Å². The summed E-state index contributed by atoms with van der Waals surface area (Å²) < 4.78 is 1.12. The van der Waals surface area contributed by atoms with Crippen molar-refractivity contribution in [2.24, 2.45) is 0 Å². The van der Waals surface area contributed by atoms with Gasteiger partial charge < -0.3 is 10.4 Å². The molecule has 2 N–H and O–H groups in total. The number of carboxylic acids is 1. The normalized spacial score (nSPS) is 10.4. The molecule has 1 aromatic carbocycles. The molecule has 19 heavy (non-hydrogen) atoms. The molecule has 0 saturated heterocycles. The molecule has 0 aliphatic rings. The number of halogens is 2. The molecule has 3 nitrogen and oxygen atoms in total. The molecule has 0 bridgehead atoms. The minimum Gasteiger partial charge on any atom is -0.478 e. The van der Waals surface area contributed by atoms with Gasteiger partial charge in [-0.15, -0.1) is 11.3 Å². The molecule has 0 unspecified atom stereocenters. The smallest absolute Gasteiger partial charge is 0.335 e. The van der Waals surface area contributed by atoms with Gasteiger partial charge in [0.1, 0.15) is 0 Å². The fourth-order valence-electron chi connectivity index (χ4n) is 1.60. The van der Waals surface area contributed by atoms with Crippen LogP contribution in [0.25, 0.3) is 0 Å². The number of benzene rings is 1. The summed E-state index contributed by atoms with van der Waals surface area (Å²) in [7, 11) is 0. The van der Waals surface area contributed by atoms with Gasteiger partial charge in [0.2, 0.25) is 0 Å². The van der Waals surface area contributed by atoms with Gasteiger partial charge in [-0.2, -0.15) is 0 Å². The molecule has 0 saturated carbocycles. The van der Waals surface area contributed by atoms with Gasteiger partial charge >= 0.3 is 5.97 Å². The predicted octanol–water partition coefficient (Wildman–Crippen LogP) is 4.52. The lowest BCUT2D eigenvalue weighted by atomic mass is 10.2. The van der Waals surface area contributed by atoms with Gasteiger partial charge in [0, 0.05) is 11.4 Å². The lowest BCUT2D eigenvalue weighted by Gasteiger charge is -2.08. The van der Waals surface area contributed by atoms with E-state index in [1.165, 1.54) is 17.0 Å². The van der Waals surface area contributed by atoms with E-state index in [9.17, 15) is 4.79 Å². The van der Waals surface area contributed by atoms with Gasteiger partial charge in [-0.3, -0.25) is 0 Å². The summed E-state index contributed by atoms with van der Waals surface area (Å²) in [6, 6.07) is 8.78. The maximum atomic E-state index is 10.8.